The van der Waals surface area contributed by atoms with Gasteiger partial charge < -0.3 is 0 Å². The number of aromatic nitrogens is 6. The van der Waals surface area contributed by atoms with Crippen molar-refractivity contribution in [1.82, 2.24) is 29.6 Å². The zero-order chi connectivity index (χ0) is 18.3. The average molecular weight is 371 g/mol. The first kappa shape index (κ1) is 16.3. The number of hydrogen-bond acceptors (Lipinski definition) is 5. The summed E-state index contributed by atoms with van der Waals surface area (Å²) in [5.74, 6) is 0.0828. The Labute approximate surface area is 151 Å². The number of tetrazole rings is 1. The minimum absolute atomic E-state index is 0.182. The Bertz CT molecular complexity index is 1190. The largest absolute Gasteiger partial charge is 0.269 e. The number of hydrogen-bond donors (Lipinski definition) is 0. The predicted octanol–water partition coefficient (Wildman–Crippen LogP) is 2.50. The Kier molecular flexibility index (Phi) is 3.96. The van der Waals surface area contributed by atoms with Crippen molar-refractivity contribution in [2.75, 3.05) is 0 Å². The van der Waals surface area contributed by atoms with E-state index in [9.17, 15) is 9.18 Å². The van der Waals surface area contributed by atoms with Crippen LogP contribution in [-0.2, 0) is 6.54 Å². The van der Waals surface area contributed by atoms with Gasteiger partial charge in [-0.2, -0.15) is 4.80 Å². The molecule has 0 radical (unpaired) electrons. The van der Waals surface area contributed by atoms with E-state index in [1.54, 1.807) is 31.2 Å². The second-order valence-electron chi connectivity index (χ2n) is 5.77. The molecule has 0 fully saturated rings. The fraction of sp³-hybridized carbons (Fsp3) is 0.118. The summed E-state index contributed by atoms with van der Waals surface area (Å²) in [6, 6.07) is 9.33. The van der Waals surface area contributed by atoms with Crippen LogP contribution in [0.25, 0.3) is 17.0 Å². The topological polar surface area (TPSA) is 78.0 Å². The van der Waals surface area contributed by atoms with Gasteiger partial charge in [0, 0.05) is 17.8 Å². The highest BCUT2D eigenvalue weighted by molar-refractivity contribution is 6.30. The molecule has 0 unspecified atom stereocenters. The molecule has 130 valence electrons. The molecule has 9 heteroatoms. The van der Waals surface area contributed by atoms with Gasteiger partial charge in [0.05, 0.1) is 10.7 Å². The molecule has 0 aliphatic heterocycles. The fourth-order valence-corrected chi connectivity index (χ4v) is 2.72. The van der Waals surface area contributed by atoms with Gasteiger partial charge in [0.1, 0.15) is 18.0 Å². The van der Waals surface area contributed by atoms with E-state index in [2.05, 4.69) is 20.4 Å². The van der Waals surface area contributed by atoms with Gasteiger partial charge in [0.15, 0.2) is 0 Å². The molecule has 0 N–H and O–H groups in total. The van der Waals surface area contributed by atoms with E-state index >= 15 is 0 Å². The van der Waals surface area contributed by atoms with Crippen LogP contribution < -0.4 is 5.56 Å². The van der Waals surface area contributed by atoms with Crippen LogP contribution in [0.3, 0.4) is 0 Å². The molecule has 1 aromatic carbocycles. The summed E-state index contributed by atoms with van der Waals surface area (Å²) in [7, 11) is 0. The number of fused-ring (bicyclic) bond motifs is 1. The number of aryl methyl sites for hydroxylation is 1. The lowest BCUT2D eigenvalue weighted by atomic mass is 10.1. The Morgan fingerprint density at radius 3 is 2.85 bits per heavy atom. The summed E-state index contributed by atoms with van der Waals surface area (Å²) in [5, 5.41) is 12.7. The molecule has 3 aromatic heterocycles. The highest BCUT2D eigenvalue weighted by Crippen LogP contribution is 2.17. The van der Waals surface area contributed by atoms with Crippen molar-refractivity contribution in [2.24, 2.45) is 0 Å². The molecule has 0 atom stereocenters. The van der Waals surface area contributed by atoms with Crippen molar-refractivity contribution in [2.45, 2.75) is 13.5 Å². The third-order valence-corrected chi connectivity index (χ3v) is 4.07. The van der Waals surface area contributed by atoms with Crippen molar-refractivity contribution >= 4 is 17.2 Å². The Hall–Kier alpha value is -3.13. The molecule has 7 nitrogen and oxygen atoms in total. The van der Waals surface area contributed by atoms with Crippen LogP contribution in [0.2, 0.25) is 5.02 Å². The molecule has 3 heterocycles. The summed E-state index contributed by atoms with van der Waals surface area (Å²) in [5.41, 5.74) is 1.89. The fourth-order valence-electron chi connectivity index (χ4n) is 2.56. The summed E-state index contributed by atoms with van der Waals surface area (Å²) < 4.78 is 14.8. The summed E-state index contributed by atoms with van der Waals surface area (Å²) in [6.07, 6.45) is 1.51. The van der Waals surface area contributed by atoms with E-state index in [1.165, 1.54) is 27.5 Å². The standard InChI is InChI=1S/C17H12ClFN6O/c1-10-6-11(2-4-14(10)19)17-21-23-25(22-17)9-13-7-16(26)24-8-12(18)3-5-15(24)20-13/h2-8H,9H2,1H3. The van der Waals surface area contributed by atoms with E-state index in [0.29, 0.717) is 33.3 Å². The van der Waals surface area contributed by atoms with Crippen molar-refractivity contribution < 1.29 is 4.39 Å². The molecule has 0 bridgehead atoms. The number of nitrogens with zero attached hydrogens (tertiary/aromatic N) is 6. The Morgan fingerprint density at radius 2 is 2.04 bits per heavy atom. The molecule has 26 heavy (non-hydrogen) atoms. The van der Waals surface area contributed by atoms with Crippen molar-refractivity contribution in [3.63, 3.8) is 0 Å². The molecule has 4 rings (SSSR count). The van der Waals surface area contributed by atoms with Gasteiger partial charge in [-0.3, -0.25) is 9.20 Å². The minimum atomic E-state index is -0.290. The van der Waals surface area contributed by atoms with Crippen LogP contribution in [0.15, 0.2) is 47.4 Å². The third kappa shape index (κ3) is 3.06. The van der Waals surface area contributed by atoms with Crippen LogP contribution >= 0.6 is 11.6 Å². The number of pyridine rings is 1. The monoisotopic (exact) mass is 370 g/mol. The minimum Gasteiger partial charge on any atom is -0.269 e. The molecule has 0 saturated heterocycles. The third-order valence-electron chi connectivity index (χ3n) is 3.85. The van der Waals surface area contributed by atoms with Gasteiger partial charge in [-0.1, -0.05) is 11.6 Å². The lowest BCUT2D eigenvalue weighted by Gasteiger charge is -2.03. The lowest BCUT2D eigenvalue weighted by Crippen LogP contribution is -2.17. The maximum absolute atomic E-state index is 13.4. The smallest absolute Gasteiger partial charge is 0.258 e. The van der Waals surface area contributed by atoms with Crippen LogP contribution in [0.5, 0.6) is 0 Å². The van der Waals surface area contributed by atoms with E-state index < -0.39 is 0 Å². The van der Waals surface area contributed by atoms with E-state index in [4.69, 9.17) is 11.6 Å². The second kappa shape index (κ2) is 6.30. The molecule has 0 aliphatic carbocycles. The van der Waals surface area contributed by atoms with E-state index in [1.807, 2.05) is 0 Å². The first-order chi connectivity index (χ1) is 12.5. The van der Waals surface area contributed by atoms with Gasteiger partial charge in [0.25, 0.3) is 5.56 Å². The number of benzene rings is 1. The van der Waals surface area contributed by atoms with Crippen LogP contribution in [0, 0.1) is 12.7 Å². The highest BCUT2D eigenvalue weighted by atomic mass is 35.5. The van der Waals surface area contributed by atoms with Gasteiger partial charge in [-0.25, -0.2) is 9.37 Å². The SMILES string of the molecule is Cc1cc(-c2nnn(Cc3cc(=O)n4cc(Cl)ccc4n3)n2)ccc1F. The number of rotatable bonds is 3. The summed E-state index contributed by atoms with van der Waals surface area (Å²) in [6.45, 7) is 1.85. The van der Waals surface area contributed by atoms with Gasteiger partial charge >= 0.3 is 0 Å². The van der Waals surface area contributed by atoms with Crippen LogP contribution in [-0.4, -0.2) is 29.6 Å². The molecular formula is C17H12ClFN6O. The molecule has 4 aromatic rings. The average Bonchev–Trinajstić information content (AvgIpc) is 3.06. The van der Waals surface area contributed by atoms with E-state index in [0.717, 1.165) is 0 Å². The second-order valence-corrected chi connectivity index (χ2v) is 6.21. The van der Waals surface area contributed by atoms with Gasteiger partial charge in [-0.05, 0) is 48.0 Å². The molecule has 0 spiro atoms. The Morgan fingerprint density at radius 1 is 1.19 bits per heavy atom. The highest BCUT2D eigenvalue weighted by Gasteiger charge is 2.10. The quantitative estimate of drug-likeness (QED) is 0.553. The van der Waals surface area contributed by atoms with Crippen LogP contribution in [0.1, 0.15) is 11.3 Å². The van der Waals surface area contributed by atoms with Gasteiger partial charge in [-0.15, -0.1) is 10.2 Å². The van der Waals surface area contributed by atoms with E-state index in [-0.39, 0.29) is 17.9 Å². The van der Waals surface area contributed by atoms with Crippen molar-refractivity contribution in [3.05, 3.63) is 75.0 Å². The zero-order valence-electron chi connectivity index (χ0n) is 13.6. The normalized spacial score (nSPS) is 11.2. The van der Waals surface area contributed by atoms with Crippen molar-refractivity contribution in [3.8, 4) is 11.4 Å². The zero-order valence-corrected chi connectivity index (χ0v) is 14.4. The molecule has 0 aliphatic rings. The summed E-state index contributed by atoms with van der Waals surface area (Å²) in [4.78, 5) is 17.9. The molecule has 0 amide bonds. The van der Waals surface area contributed by atoms with Crippen LogP contribution in [0.4, 0.5) is 4.39 Å². The lowest BCUT2D eigenvalue weighted by molar-refractivity contribution is 0.564. The van der Waals surface area contributed by atoms with Gasteiger partial charge in [0.2, 0.25) is 5.82 Å². The first-order valence-corrected chi connectivity index (χ1v) is 8.09. The summed E-state index contributed by atoms with van der Waals surface area (Å²) >= 11 is 5.90. The maximum atomic E-state index is 13.4. The maximum Gasteiger partial charge on any atom is 0.258 e. The molecular weight excluding hydrogens is 359 g/mol. The predicted molar refractivity (Wildman–Crippen MR) is 93.5 cm³/mol. The Balaban J connectivity index is 1.65. The first-order valence-electron chi connectivity index (χ1n) is 7.72. The molecule has 0 saturated carbocycles. The van der Waals surface area contributed by atoms with Crippen molar-refractivity contribution in [1.29, 1.82) is 0 Å². The number of halogens is 2.